The van der Waals surface area contributed by atoms with E-state index in [1.807, 2.05) is 6.07 Å². The molecule has 0 bridgehead atoms. The summed E-state index contributed by atoms with van der Waals surface area (Å²) in [6.45, 7) is 3.06. The van der Waals surface area contributed by atoms with E-state index in [0.29, 0.717) is 16.4 Å². The van der Waals surface area contributed by atoms with E-state index in [-0.39, 0.29) is 30.4 Å². The largest absolute Gasteiger partial charge is 0.497 e. The van der Waals surface area contributed by atoms with Crippen LogP contribution in [0.25, 0.3) is 0 Å². The summed E-state index contributed by atoms with van der Waals surface area (Å²) in [5.41, 5.74) is 5.67. The van der Waals surface area contributed by atoms with E-state index in [1.54, 1.807) is 36.8 Å². The average Bonchev–Trinajstić information content (AvgIpc) is 3.72. The van der Waals surface area contributed by atoms with Crippen LogP contribution in [0.4, 0.5) is 5.69 Å². The number of anilines is 1. The monoisotopic (exact) mass is 553 g/mol. The number of aryl methyl sites for hydroxylation is 1. The Hall–Kier alpha value is -4.17. The van der Waals surface area contributed by atoms with Gasteiger partial charge in [0.05, 0.1) is 13.2 Å². The van der Waals surface area contributed by atoms with Crippen LogP contribution in [0.3, 0.4) is 0 Å². The van der Waals surface area contributed by atoms with Gasteiger partial charge in [-0.2, -0.15) is 0 Å². The van der Waals surface area contributed by atoms with Crippen molar-refractivity contribution in [2.24, 2.45) is 5.92 Å². The molecule has 1 aliphatic carbocycles. The highest BCUT2D eigenvalue weighted by Crippen LogP contribution is 2.41. The minimum absolute atomic E-state index is 0.131. The Morgan fingerprint density at radius 3 is 2.60 bits per heavy atom. The number of hydrogen-bond acceptors (Lipinski definition) is 6. The number of rotatable bonds is 8. The van der Waals surface area contributed by atoms with Crippen molar-refractivity contribution in [2.45, 2.75) is 38.8 Å². The summed E-state index contributed by atoms with van der Waals surface area (Å²) in [6.07, 6.45) is 2.80. The molecule has 0 saturated heterocycles. The molecule has 6 rings (SSSR count). The number of hydrogen-bond donors (Lipinski definition) is 1. The molecule has 1 atom stereocenters. The number of amides is 2. The van der Waals surface area contributed by atoms with Gasteiger partial charge in [0.15, 0.2) is 0 Å². The predicted molar refractivity (Wildman–Crippen MR) is 155 cm³/mol. The van der Waals surface area contributed by atoms with E-state index in [2.05, 4.69) is 58.5 Å². The van der Waals surface area contributed by atoms with Gasteiger partial charge < -0.3 is 19.7 Å². The first kappa shape index (κ1) is 26.1. The molecule has 1 saturated carbocycles. The number of carbonyl (C=O) groups excluding carboxylic acids is 2. The average molecular weight is 554 g/mol. The molecule has 2 aliphatic rings. The lowest BCUT2D eigenvalue weighted by molar-refractivity contribution is -0.134. The molecular weight excluding hydrogens is 522 g/mol. The smallest absolute Gasteiger partial charge is 0.275 e. The molecule has 2 amide bonds. The second-order valence-electron chi connectivity index (χ2n) is 10.3. The standard InChI is InChI=1S/C32H31N3O4S/c1-20-4-3-5-23(16-20)30-27-17-26(11-8-21(27)14-15-35(30)32(37)22-6-7-22)39-18-29-34-28(19-40-29)31(36)33-24-9-12-25(38-2)13-10-24/h3-5,8-13,16-17,19,22,30H,6-7,14-15,18H2,1-2H3,(H,33,36). The second kappa shape index (κ2) is 11.1. The van der Waals surface area contributed by atoms with Crippen LogP contribution in [0, 0.1) is 12.8 Å². The van der Waals surface area contributed by atoms with Gasteiger partial charge >= 0.3 is 0 Å². The molecule has 204 valence electrons. The summed E-state index contributed by atoms with van der Waals surface area (Å²) in [7, 11) is 1.60. The molecule has 4 aromatic rings. The van der Waals surface area contributed by atoms with Crippen molar-refractivity contribution >= 4 is 28.8 Å². The molecule has 1 unspecified atom stereocenters. The maximum atomic E-state index is 13.3. The van der Waals surface area contributed by atoms with Gasteiger partial charge in [-0.05, 0) is 79.3 Å². The highest BCUT2D eigenvalue weighted by Gasteiger charge is 2.39. The van der Waals surface area contributed by atoms with Gasteiger partial charge in [-0.3, -0.25) is 9.59 Å². The Morgan fingerprint density at radius 2 is 1.85 bits per heavy atom. The summed E-state index contributed by atoms with van der Waals surface area (Å²) in [6, 6.07) is 21.6. The third-order valence-electron chi connectivity index (χ3n) is 7.41. The number of nitrogens with zero attached hydrogens (tertiary/aromatic N) is 2. The van der Waals surface area contributed by atoms with Crippen LogP contribution in [0.2, 0.25) is 0 Å². The number of thiazole rings is 1. The number of fused-ring (bicyclic) bond motifs is 1. The van der Waals surface area contributed by atoms with Gasteiger partial charge in [-0.1, -0.05) is 35.9 Å². The first-order chi connectivity index (χ1) is 19.5. The lowest BCUT2D eigenvalue weighted by Crippen LogP contribution is -2.41. The summed E-state index contributed by atoms with van der Waals surface area (Å²) in [5.74, 6) is 1.58. The fourth-order valence-corrected chi connectivity index (χ4v) is 5.87. The number of nitrogens with one attached hydrogen (secondary N) is 1. The Kier molecular flexibility index (Phi) is 7.26. The fraction of sp³-hybridized carbons (Fsp3) is 0.281. The van der Waals surface area contributed by atoms with Crippen LogP contribution in [0.5, 0.6) is 11.5 Å². The highest BCUT2D eigenvalue weighted by atomic mass is 32.1. The second-order valence-corrected chi connectivity index (χ2v) is 11.3. The van der Waals surface area contributed by atoms with Gasteiger partial charge in [0.1, 0.15) is 28.8 Å². The Morgan fingerprint density at radius 1 is 1.05 bits per heavy atom. The number of carbonyl (C=O) groups is 2. The topological polar surface area (TPSA) is 80.8 Å². The van der Waals surface area contributed by atoms with Crippen LogP contribution >= 0.6 is 11.3 Å². The number of ether oxygens (including phenoxy) is 2. The molecule has 0 radical (unpaired) electrons. The van der Waals surface area contributed by atoms with Gasteiger partial charge in [0, 0.05) is 23.5 Å². The molecule has 1 aliphatic heterocycles. The minimum atomic E-state index is -0.275. The number of methoxy groups -OCH3 is 1. The first-order valence-corrected chi connectivity index (χ1v) is 14.4. The van der Waals surface area contributed by atoms with E-state index < -0.39 is 0 Å². The maximum absolute atomic E-state index is 13.3. The third-order valence-corrected chi connectivity index (χ3v) is 8.23. The summed E-state index contributed by atoms with van der Waals surface area (Å²) >= 11 is 1.39. The Labute approximate surface area is 237 Å². The van der Waals surface area contributed by atoms with E-state index >= 15 is 0 Å². The van der Waals surface area contributed by atoms with Crippen molar-refractivity contribution in [1.82, 2.24) is 9.88 Å². The van der Waals surface area contributed by atoms with Crippen molar-refractivity contribution < 1.29 is 19.1 Å². The van der Waals surface area contributed by atoms with Crippen LogP contribution in [-0.2, 0) is 17.8 Å². The number of aromatic nitrogens is 1. The SMILES string of the molecule is COc1ccc(NC(=O)c2csc(COc3ccc4c(c3)C(c3cccc(C)c3)N(C(=O)C3CC3)CC4)n2)cc1. The first-order valence-electron chi connectivity index (χ1n) is 13.5. The lowest BCUT2D eigenvalue weighted by atomic mass is 9.87. The summed E-state index contributed by atoms with van der Waals surface area (Å²) < 4.78 is 11.3. The summed E-state index contributed by atoms with van der Waals surface area (Å²) in [5, 5.41) is 5.30. The number of benzene rings is 3. The van der Waals surface area contributed by atoms with Crippen molar-refractivity contribution in [1.29, 1.82) is 0 Å². The predicted octanol–water partition coefficient (Wildman–Crippen LogP) is 6.18. The van der Waals surface area contributed by atoms with Gasteiger partial charge in [-0.15, -0.1) is 11.3 Å². The van der Waals surface area contributed by atoms with Crippen LogP contribution < -0.4 is 14.8 Å². The van der Waals surface area contributed by atoms with Crippen LogP contribution in [0.1, 0.15) is 56.6 Å². The Bertz CT molecular complexity index is 1540. The van der Waals surface area contributed by atoms with Crippen molar-refractivity contribution in [3.8, 4) is 11.5 Å². The highest BCUT2D eigenvalue weighted by molar-refractivity contribution is 7.09. The molecule has 8 heteroatoms. The van der Waals surface area contributed by atoms with Crippen LogP contribution in [0.15, 0.2) is 72.1 Å². The molecule has 2 heterocycles. The maximum Gasteiger partial charge on any atom is 0.275 e. The molecule has 1 fully saturated rings. The molecule has 1 aromatic heterocycles. The zero-order valence-electron chi connectivity index (χ0n) is 22.6. The van der Waals surface area contributed by atoms with Gasteiger partial charge in [-0.25, -0.2) is 4.98 Å². The van der Waals surface area contributed by atoms with E-state index in [9.17, 15) is 9.59 Å². The zero-order chi connectivity index (χ0) is 27.6. The van der Waals surface area contributed by atoms with Crippen LogP contribution in [-0.4, -0.2) is 35.4 Å². The zero-order valence-corrected chi connectivity index (χ0v) is 23.4. The molecular formula is C32H31N3O4S. The minimum Gasteiger partial charge on any atom is -0.497 e. The molecule has 0 spiro atoms. The van der Waals surface area contributed by atoms with Gasteiger partial charge in [0.2, 0.25) is 5.91 Å². The quantitative estimate of drug-likeness (QED) is 0.282. The normalized spacial score (nSPS) is 16.2. The molecule has 40 heavy (non-hydrogen) atoms. The van der Waals surface area contributed by atoms with Gasteiger partial charge in [0.25, 0.3) is 5.91 Å². The Balaban J connectivity index is 1.18. The van der Waals surface area contributed by atoms with Crippen molar-refractivity contribution in [2.75, 3.05) is 19.0 Å². The lowest BCUT2D eigenvalue weighted by Gasteiger charge is -2.38. The van der Waals surface area contributed by atoms with E-state index in [4.69, 9.17) is 9.47 Å². The summed E-state index contributed by atoms with van der Waals surface area (Å²) in [4.78, 5) is 32.5. The third kappa shape index (κ3) is 5.58. The molecule has 1 N–H and O–H groups in total. The van der Waals surface area contributed by atoms with E-state index in [0.717, 1.165) is 48.4 Å². The fourth-order valence-electron chi connectivity index (χ4n) is 5.18. The molecule has 3 aromatic carbocycles. The van der Waals surface area contributed by atoms with Crippen molar-refractivity contribution in [3.63, 3.8) is 0 Å². The van der Waals surface area contributed by atoms with Crippen molar-refractivity contribution in [3.05, 3.63) is 105 Å². The van der Waals surface area contributed by atoms with E-state index in [1.165, 1.54) is 22.5 Å². The molecule has 7 nitrogen and oxygen atoms in total.